The van der Waals surface area contributed by atoms with E-state index in [2.05, 4.69) is 41.5 Å². The largest absolute Gasteiger partial charge is 0.335 e. The summed E-state index contributed by atoms with van der Waals surface area (Å²) in [6.07, 6.45) is 2.51. The summed E-state index contributed by atoms with van der Waals surface area (Å²) in [5.74, 6) is 0.249. The van der Waals surface area contributed by atoms with Crippen LogP contribution in [0, 0.1) is 19.8 Å². The summed E-state index contributed by atoms with van der Waals surface area (Å²) >= 11 is 0. The zero-order chi connectivity index (χ0) is 18.6. The first kappa shape index (κ1) is 19.0. The average Bonchev–Trinajstić information content (AvgIpc) is 2.79. The summed E-state index contributed by atoms with van der Waals surface area (Å²) in [5.41, 5.74) is 4.22. The lowest BCUT2D eigenvalue weighted by atomic mass is 10.0. The highest BCUT2D eigenvalue weighted by molar-refractivity contribution is 5.74. The zero-order valence-corrected chi connectivity index (χ0v) is 16.0. The molecule has 2 rings (SSSR count). The molecule has 0 radical (unpaired) electrons. The second-order valence-electron chi connectivity index (χ2n) is 6.97. The molecule has 2 atom stereocenters. The van der Waals surface area contributed by atoms with Gasteiger partial charge in [0.25, 0.3) is 0 Å². The van der Waals surface area contributed by atoms with Crippen LogP contribution in [-0.4, -0.2) is 26.8 Å². The fourth-order valence-electron chi connectivity index (χ4n) is 3.02. The Hall–Kier alpha value is -2.37. The number of pyridine rings is 1. The van der Waals surface area contributed by atoms with Crippen molar-refractivity contribution in [3.05, 3.63) is 47.0 Å². The summed E-state index contributed by atoms with van der Waals surface area (Å²) in [6.45, 7) is 10.2. The number of nitrogens with one attached hydrogen (secondary N) is 2. The Balaban J connectivity index is 1.98. The first-order valence-corrected chi connectivity index (χ1v) is 8.76. The molecule has 25 heavy (non-hydrogen) atoms. The van der Waals surface area contributed by atoms with E-state index in [0.717, 1.165) is 23.5 Å². The van der Waals surface area contributed by atoms with Gasteiger partial charge >= 0.3 is 6.03 Å². The lowest BCUT2D eigenvalue weighted by Crippen LogP contribution is -2.44. The summed E-state index contributed by atoms with van der Waals surface area (Å²) in [6, 6.07) is 5.48. The topological polar surface area (TPSA) is 71.8 Å². The quantitative estimate of drug-likeness (QED) is 0.847. The van der Waals surface area contributed by atoms with Crippen molar-refractivity contribution in [3.8, 4) is 0 Å². The van der Waals surface area contributed by atoms with Crippen LogP contribution in [0.1, 0.15) is 49.5 Å². The molecule has 6 heteroatoms. The smallest absolute Gasteiger partial charge is 0.315 e. The molecule has 2 N–H and O–H groups in total. The van der Waals surface area contributed by atoms with Crippen molar-refractivity contribution < 1.29 is 4.79 Å². The van der Waals surface area contributed by atoms with Crippen molar-refractivity contribution in [3.63, 3.8) is 0 Å². The van der Waals surface area contributed by atoms with Crippen LogP contribution in [0.3, 0.4) is 0 Å². The van der Waals surface area contributed by atoms with Gasteiger partial charge in [-0.25, -0.2) is 4.79 Å². The molecule has 136 valence electrons. The Bertz CT molecular complexity index is 708. The van der Waals surface area contributed by atoms with E-state index in [1.54, 1.807) is 6.20 Å². The van der Waals surface area contributed by atoms with Crippen LogP contribution in [0.4, 0.5) is 4.79 Å². The SMILES string of the molecule is Cc1nn(C)c(C)c1C[C@@H](C)NC(=O)N[C@H](c1ccccn1)C(C)C. The molecule has 0 aromatic carbocycles. The number of hydrogen-bond donors (Lipinski definition) is 2. The van der Waals surface area contributed by atoms with Crippen molar-refractivity contribution in [1.82, 2.24) is 25.4 Å². The van der Waals surface area contributed by atoms with Crippen LogP contribution in [-0.2, 0) is 13.5 Å². The third-order valence-corrected chi connectivity index (χ3v) is 4.51. The van der Waals surface area contributed by atoms with Crippen LogP contribution in [0.15, 0.2) is 24.4 Å². The van der Waals surface area contributed by atoms with Gasteiger partial charge in [0, 0.05) is 25.0 Å². The van der Waals surface area contributed by atoms with Crippen molar-refractivity contribution >= 4 is 6.03 Å². The van der Waals surface area contributed by atoms with Crippen LogP contribution < -0.4 is 10.6 Å². The van der Waals surface area contributed by atoms with Gasteiger partial charge in [0.05, 0.1) is 17.4 Å². The third kappa shape index (κ3) is 4.81. The molecule has 2 heterocycles. The standard InChI is InChI=1S/C19H29N5O/c1-12(2)18(17-9-7-8-10-20-17)22-19(25)21-13(3)11-16-14(4)23-24(6)15(16)5/h7-10,12-13,18H,11H2,1-6H3,(H2,21,22,25)/t13-,18+/m1/s1. The summed E-state index contributed by atoms with van der Waals surface area (Å²) < 4.78 is 1.88. The van der Waals surface area contributed by atoms with Crippen LogP contribution >= 0.6 is 0 Å². The molecule has 0 saturated carbocycles. The average molecular weight is 343 g/mol. The van der Waals surface area contributed by atoms with E-state index in [1.807, 2.05) is 43.8 Å². The second-order valence-corrected chi connectivity index (χ2v) is 6.97. The highest BCUT2D eigenvalue weighted by Crippen LogP contribution is 2.19. The molecular formula is C19H29N5O. The highest BCUT2D eigenvalue weighted by atomic mass is 16.2. The minimum absolute atomic E-state index is 0.0122. The number of carbonyl (C=O) groups excluding carboxylic acids is 1. The van der Waals surface area contributed by atoms with Gasteiger partial charge in [0.1, 0.15) is 0 Å². The Morgan fingerprint density at radius 3 is 2.44 bits per heavy atom. The number of nitrogens with zero attached hydrogens (tertiary/aromatic N) is 3. The molecule has 0 unspecified atom stereocenters. The fraction of sp³-hybridized carbons (Fsp3) is 0.526. The van der Waals surface area contributed by atoms with Gasteiger partial charge in [-0.2, -0.15) is 5.10 Å². The third-order valence-electron chi connectivity index (χ3n) is 4.51. The number of carbonyl (C=O) groups is 1. The van der Waals surface area contributed by atoms with E-state index >= 15 is 0 Å². The van der Waals surface area contributed by atoms with Crippen molar-refractivity contribution in [2.45, 2.75) is 53.1 Å². The van der Waals surface area contributed by atoms with Gasteiger partial charge in [-0.3, -0.25) is 9.67 Å². The second kappa shape index (κ2) is 8.14. The number of rotatable bonds is 6. The van der Waals surface area contributed by atoms with E-state index in [9.17, 15) is 4.79 Å². The maximum atomic E-state index is 12.4. The zero-order valence-electron chi connectivity index (χ0n) is 16.0. The molecule has 2 aromatic rings. The molecule has 2 amide bonds. The summed E-state index contributed by atoms with van der Waals surface area (Å²) in [4.78, 5) is 16.8. The number of amides is 2. The van der Waals surface area contributed by atoms with Gasteiger partial charge in [0.2, 0.25) is 0 Å². The van der Waals surface area contributed by atoms with Gasteiger partial charge in [-0.05, 0) is 50.8 Å². The summed E-state index contributed by atoms with van der Waals surface area (Å²) in [7, 11) is 1.94. The van der Waals surface area contributed by atoms with E-state index in [1.165, 1.54) is 5.56 Å². The lowest BCUT2D eigenvalue weighted by molar-refractivity contribution is 0.229. The molecule has 6 nitrogen and oxygen atoms in total. The number of hydrogen-bond acceptors (Lipinski definition) is 3. The van der Waals surface area contributed by atoms with E-state index in [-0.39, 0.29) is 24.0 Å². The molecule has 0 aliphatic rings. The van der Waals surface area contributed by atoms with Crippen molar-refractivity contribution in [2.24, 2.45) is 13.0 Å². The van der Waals surface area contributed by atoms with E-state index in [4.69, 9.17) is 0 Å². The van der Waals surface area contributed by atoms with Crippen molar-refractivity contribution in [2.75, 3.05) is 0 Å². The maximum Gasteiger partial charge on any atom is 0.315 e. The lowest BCUT2D eigenvalue weighted by Gasteiger charge is -2.23. The monoisotopic (exact) mass is 343 g/mol. The van der Waals surface area contributed by atoms with E-state index < -0.39 is 0 Å². The normalized spacial score (nSPS) is 13.6. The molecule has 0 fully saturated rings. The first-order valence-electron chi connectivity index (χ1n) is 8.76. The molecule has 0 aliphatic heterocycles. The Morgan fingerprint density at radius 1 is 1.20 bits per heavy atom. The molecule has 0 bridgehead atoms. The Morgan fingerprint density at radius 2 is 1.92 bits per heavy atom. The fourth-order valence-corrected chi connectivity index (χ4v) is 3.02. The van der Waals surface area contributed by atoms with Gasteiger partial charge < -0.3 is 10.6 Å². The maximum absolute atomic E-state index is 12.4. The first-order chi connectivity index (χ1) is 11.8. The molecule has 2 aromatic heterocycles. The minimum atomic E-state index is -0.170. The van der Waals surface area contributed by atoms with Crippen LogP contribution in [0.25, 0.3) is 0 Å². The van der Waals surface area contributed by atoms with Crippen LogP contribution in [0.2, 0.25) is 0 Å². The summed E-state index contributed by atoms with van der Waals surface area (Å²) in [5, 5.41) is 10.5. The predicted molar refractivity (Wildman–Crippen MR) is 99.3 cm³/mol. The van der Waals surface area contributed by atoms with Crippen LogP contribution in [0.5, 0.6) is 0 Å². The molecule has 0 aliphatic carbocycles. The van der Waals surface area contributed by atoms with Gasteiger partial charge in [-0.15, -0.1) is 0 Å². The van der Waals surface area contributed by atoms with Gasteiger partial charge in [0.15, 0.2) is 0 Å². The molecule has 0 spiro atoms. The predicted octanol–water partition coefficient (Wildman–Crippen LogP) is 3.06. The highest BCUT2D eigenvalue weighted by Gasteiger charge is 2.21. The molecule has 0 saturated heterocycles. The number of urea groups is 1. The minimum Gasteiger partial charge on any atom is -0.335 e. The molecular weight excluding hydrogens is 314 g/mol. The number of aromatic nitrogens is 3. The van der Waals surface area contributed by atoms with E-state index in [0.29, 0.717) is 0 Å². The number of aryl methyl sites for hydroxylation is 2. The Labute approximate surface area is 150 Å². The van der Waals surface area contributed by atoms with Gasteiger partial charge in [-0.1, -0.05) is 19.9 Å². The van der Waals surface area contributed by atoms with Crippen molar-refractivity contribution in [1.29, 1.82) is 0 Å². The Kier molecular flexibility index (Phi) is 6.17.